The van der Waals surface area contributed by atoms with Crippen LogP contribution in [-0.2, 0) is 4.79 Å². The van der Waals surface area contributed by atoms with E-state index in [9.17, 15) is 9.90 Å². The smallest absolute Gasteiger partial charge is 0.220 e. The summed E-state index contributed by atoms with van der Waals surface area (Å²) in [6.45, 7) is 7.55. The maximum absolute atomic E-state index is 12.5. The van der Waals surface area contributed by atoms with Gasteiger partial charge in [-0.1, -0.05) is 51.7 Å². The Balaban J connectivity index is 1.91. The third-order valence-electron chi connectivity index (χ3n) is 5.53. The molecule has 2 N–H and O–H groups in total. The molecule has 4 heteroatoms. The molecule has 1 amide bonds. The van der Waals surface area contributed by atoms with Crippen molar-refractivity contribution in [2.45, 2.75) is 77.2 Å². The van der Waals surface area contributed by atoms with E-state index in [1.165, 1.54) is 32.1 Å². The Labute approximate surface area is 159 Å². The molecule has 2 rings (SSSR count). The monoisotopic (exact) mass is 360 g/mol. The van der Waals surface area contributed by atoms with Gasteiger partial charge in [0.1, 0.15) is 5.75 Å². The summed E-state index contributed by atoms with van der Waals surface area (Å²) in [7, 11) is 0. The quantitative estimate of drug-likeness (QED) is 0.574. The van der Waals surface area contributed by atoms with Gasteiger partial charge in [-0.15, -0.1) is 0 Å². The van der Waals surface area contributed by atoms with Crippen LogP contribution in [0, 0.1) is 0 Å². The molecule has 146 valence electrons. The van der Waals surface area contributed by atoms with E-state index in [-0.39, 0.29) is 23.6 Å². The SMILES string of the molecule is CCCCCCCC(=O)NC(CN1CCCC1)C(C)c1ccc(O)cc1. The lowest BCUT2D eigenvalue weighted by Crippen LogP contribution is -2.46. The molecule has 0 bridgehead atoms. The Bertz CT molecular complexity index is 523. The van der Waals surface area contributed by atoms with Crippen LogP contribution in [0.15, 0.2) is 24.3 Å². The predicted molar refractivity (Wildman–Crippen MR) is 108 cm³/mol. The number of hydrogen-bond donors (Lipinski definition) is 2. The van der Waals surface area contributed by atoms with Gasteiger partial charge in [0.15, 0.2) is 0 Å². The average Bonchev–Trinajstić information content (AvgIpc) is 3.14. The summed E-state index contributed by atoms with van der Waals surface area (Å²) in [6.07, 6.45) is 8.98. The Morgan fingerprint density at radius 1 is 1.12 bits per heavy atom. The molecule has 0 radical (unpaired) electrons. The fourth-order valence-electron chi connectivity index (χ4n) is 3.75. The van der Waals surface area contributed by atoms with Gasteiger partial charge in [0.05, 0.1) is 0 Å². The summed E-state index contributed by atoms with van der Waals surface area (Å²) in [5, 5.41) is 12.8. The minimum atomic E-state index is 0.112. The average molecular weight is 361 g/mol. The van der Waals surface area contributed by atoms with Crippen molar-refractivity contribution >= 4 is 5.91 Å². The summed E-state index contributed by atoms with van der Waals surface area (Å²) in [4.78, 5) is 14.9. The highest BCUT2D eigenvalue weighted by molar-refractivity contribution is 5.76. The number of nitrogens with zero attached hydrogens (tertiary/aromatic N) is 1. The molecule has 4 nitrogen and oxygen atoms in total. The molecule has 1 saturated heterocycles. The molecule has 0 aromatic heterocycles. The lowest BCUT2D eigenvalue weighted by atomic mass is 9.92. The minimum absolute atomic E-state index is 0.112. The molecule has 2 atom stereocenters. The number of phenols is 1. The van der Waals surface area contributed by atoms with Crippen LogP contribution in [0.3, 0.4) is 0 Å². The van der Waals surface area contributed by atoms with Gasteiger partial charge in [0.2, 0.25) is 5.91 Å². The molecule has 26 heavy (non-hydrogen) atoms. The van der Waals surface area contributed by atoms with Crippen LogP contribution in [0.1, 0.15) is 76.7 Å². The third kappa shape index (κ3) is 6.99. The van der Waals surface area contributed by atoms with Crippen molar-refractivity contribution in [2.24, 2.45) is 0 Å². The highest BCUT2D eigenvalue weighted by Crippen LogP contribution is 2.23. The molecule has 1 aliphatic rings. The van der Waals surface area contributed by atoms with Crippen LogP contribution in [0.2, 0.25) is 0 Å². The van der Waals surface area contributed by atoms with Crippen LogP contribution in [0.5, 0.6) is 5.75 Å². The van der Waals surface area contributed by atoms with Crippen LogP contribution in [-0.4, -0.2) is 41.6 Å². The Morgan fingerprint density at radius 2 is 1.77 bits per heavy atom. The van der Waals surface area contributed by atoms with Crippen LogP contribution in [0.4, 0.5) is 0 Å². The first-order chi connectivity index (χ1) is 12.6. The number of benzene rings is 1. The number of nitrogens with one attached hydrogen (secondary N) is 1. The van der Waals surface area contributed by atoms with Gasteiger partial charge in [0, 0.05) is 24.9 Å². The largest absolute Gasteiger partial charge is 0.508 e. The van der Waals surface area contributed by atoms with Crippen molar-refractivity contribution in [1.29, 1.82) is 0 Å². The van der Waals surface area contributed by atoms with Gasteiger partial charge < -0.3 is 15.3 Å². The van der Waals surface area contributed by atoms with Gasteiger partial charge >= 0.3 is 0 Å². The molecule has 0 spiro atoms. The van der Waals surface area contributed by atoms with Gasteiger partial charge in [-0.3, -0.25) is 4.79 Å². The molecule has 1 aromatic rings. The van der Waals surface area contributed by atoms with Crippen molar-refractivity contribution in [2.75, 3.05) is 19.6 Å². The first kappa shape index (κ1) is 20.8. The number of unbranched alkanes of at least 4 members (excludes halogenated alkanes) is 4. The minimum Gasteiger partial charge on any atom is -0.508 e. The Morgan fingerprint density at radius 3 is 2.42 bits per heavy atom. The van der Waals surface area contributed by atoms with Crippen molar-refractivity contribution in [3.8, 4) is 5.75 Å². The van der Waals surface area contributed by atoms with E-state index in [0.717, 1.165) is 38.0 Å². The van der Waals surface area contributed by atoms with E-state index >= 15 is 0 Å². The van der Waals surface area contributed by atoms with Crippen LogP contribution in [0.25, 0.3) is 0 Å². The van der Waals surface area contributed by atoms with Gasteiger partial charge in [-0.2, -0.15) is 0 Å². The maximum Gasteiger partial charge on any atom is 0.220 e. The van der Waals surface area contributed by atoms with Gasteiger partial charge in [-0.25, -0.2) is 0 Å². The summed E-state index contributed by atoms with van der Waals surface area (Å²) in [5.41, 5.74) is 1.16. The number of hydrogen-bond acceptors (Lipinski definition) is 3. The highest BCUT2D eigenvalue weighted by atomic mass is 16.3. The van der Waals surface area contributed by atoms with Crippen molar-refractivity contribution < 1.29 is 9.90 Å². The summed E-state index contributed by atoms with van der Waals surface area (Å²) >= 11 is 0. The zero-order chi connectivity index (χ0) is 18.8. The number of carbonyl (C=O) groups excluding carboxylic acids is 1. The molecule has 0 aliphatic carbocycles. The van der Waals surface area contributed by atoms with Crippen LogP contribution < -0.4 is 5.32 Å². The number of amides is 1. The molecule has 2 unspecified atom stereocenters. The number of aromatic hydroxyl groups is 1. The second kappa shape index (κ2) is 11.2. The fourth-order valence-corrected chi connectivity index (χ4v) is 3.75. The van der Waals surface area contributed by atoms with Crippen molar-refractivity contribution in [3.05, 3.63) is 29.8 Å². The second-order valence-corrected chi connectivity index (χ2v) is 7.73. The summed E-state index contributed by atoms with van der Waals surface area (Å²) in [6, 6.07) is 7.51. The lowest BCUT2D eigenvalue weighted by molar-refractivity contribution is -0.122. The summed E-state index contributed by atoms with van der Waals surface area (Å²) in [5.74, 6) is 0.685. The number of rotatable bonds is 11. The van der Waals surface area contributed by atoms with Crippen LogP contribution >= 0.6 is 0 Å². The zero-order valence-corrected chi connectivity index (χ0v) is 16.5. The van der Waals surface area contributed by atoms with Crippen molar-refractivity contribution in [3.63, 3.8) is 0 Å². The van der Waals surface area contributed by atoms with Crippen molar-refractivity contribution in [1.82, 2.24) is 10.2 Å². The van der Waals surface area contributed by atoms with E-state index in [1.54, 1.807) is 12.1 Å². The van der Waals surface area contributed by atoms with E-state index in [0.29, 0.717) is 6.42 Å². The fraction of sp³-hybridized carbons (Fsp3) is 0.682. The standard InChI is InChI=1S/C22H36N2O2/c1-3-4-5-6-7-10-22(26)23-21(17-24-15-8-9-16-24)18(2)19-11-13-20(25)14-12-19/h11-14,18,21,25H,3-10,15-17H2,1-2H3,(H,23,26). The van der Waals surface area contributed by atoms with Gasteiger partial charge in [-0.05, 0) is 50.0 Å². The number of carbonyl (C=O) groups is 1. The number of likely N-dealkylation sites (tertiary alicyclic amines) is 1. The molecule has 1 aliphatic heterocycles. The molecular weight excluding hydrogens is 324 g/mol. The third-order valence-corrected chi connectivity index (χ3v) is 5.53. The molecule has 1 heterocycles. The van der Waals surface area contributed by atoms with E-state index in [2.05, 4.69) is 24.1 Å². The first-order valence-electron chi connectivity index (χ1n) is 10.4. The van der Waals surface area contributed by atoms with Gasteiger partial charge in [0.25, 0.3) is 0 Å². The predicted octanol–water partition coefficient (Wildman–Crippen LogP) is 4.44. The topological polar surface area (TPSA) is 52.6 Å². The number of phenolic OH excluding ortho intramolecular Hbond substituents is 1. The first-order valence-corrected chi connectivity index (χ1v) is 10.4. The molecule has 0 saturated carbocycles. The molecular formula is C22H36N2O2. The Kier molecular flexibility index (Phi) is 8.96. The maximum atomic E-state index is 12.5. The van der Waals surface area contributed by atoms with E-state index in [1.807, 2.05) is 12.1 Å². The normalized spacial score (nSPS) is 17.2. The van der Waals surface area contributed by atoms with E-state index < -0.39 is 0 Å². The second-order valence-electron chi connectivity index (χ2n) is 7.73. The molecule has 1 aromatic carbocycles. The van der Waals surface area contributed by atoms with E-state index in [4.69, 9.17) is 0 Å². The molecule has 1 fully saturated rings. The zero-order valence-electron chi connectivity index (χ0n) is 16.5. The lowest BCUT2D eigenvalue weighted by Gasteiger charge is -2.30. The Hall–Kier alpha value is -1.55. The summed E-state index contributed by atoms with van der Waals surface area (Å²) < 4.78 is 0. The highest BCUT2D eigenvalue weighted by Gasteiger charge is 2.25.